The molecular weight excluding hydrogens is 392 g/mol. The fourth-order valence-corrected chi connectivity index (χ4v) is 5.19. The number of ether oxygens (including phenoxy) is 1. The van der Waals surface area contributed by atoms with Crippen molar-refractivity contribution in [1.82, 2.24) is 24.2 Å². The molecule has 9 nitrogen and oxygen atoms in total. The summed E-state index contributed by atoms with van der Waals surface area (Å²) in [5.41, 5.74) is 0.571. The van der Waals surface area contributed by atoms with E-state index in [4.69, 9.17) is 4.74 Å². The monoisotopic (exact) mass is 412 g/mol. The first-order chi connectivity index (χ1) is 14.1. The Bertz CT molecular complexity index is 1090. The molecule has 1 saturated heterocycles. The van der Waals surface area contributed by atoms with Crippen molar-refractivity contribution < 1.29 is 13.2 Å². The molecule has 2 aromatic heterocycles. The van der Waals surface area contributed by atoms with E-state index in [-0.39, 0.29) is 4.90 Å². The van der Waals surface area contributed by atoms with E-state index in [0.29, 0.717) is 36.2 Å². The maximum absolute atomic E-state index is 13.3. The number of sulfonamides is 1. The summed E-state index contributed by atoms with van der Waals surface area (Å²) in [6, 6.07) is 7.93. The summed E-state index contributed by atoms with van der Waals surface area (Å²) >= 11 is 0. The summed E-state index contributed by atoms with van der Waals surface area (Å²) in [5, 5.41) is 2.99. The van der Waals surface area contributed by atoms with E-state index in [1.165, 1.54) is 11.4 Å². The molecule has 150 valence electrons. The predicted octanol–water partition coefficient (Wildman–Crippen LogP) is 2.54. The van der Waals surface area contributed by atoms with Crippen LogP contribution in [0.5, 0.6) is 5.75 Å². The molecule has 1 aliphatic heterocycles. The molecule has 0 saturated carbocycles. The Hall–Kier alpha value is -3.11. The average molecular weight is 412 g/mol. The second kappa shape index (κ2) is 8.10. The second-order valence-corrected chi connectivity index (χ2v) is 8.31. The Morgan fingerprint density at radius 2 is 1.93 bits per heavy atom. The minimum Gasteiger partial charge on any atom is -0.495 e. The highest BCUT2D eigenvalue weighted by atomic mass is 32.2. The van der Waals surface area contributed by atoms with Crippen molar-refractivity contribution in [3.63, 3.8) is 0 Å². The number of nitrogens with one attached hydrogen (secondary N) is 1. The highest BCUT2D eigenvalue weighted by molar-refractivity contribution is 7.89. The van der Waals surface area contributed by atoms with Gasteiger partial charge in [0.25, 0.3) is 0 Å². The molecule has 3 heterocycles. The molecule has 1 atom stereocenters. The van der Waals surface area contributed by atoms with Crippen LogP contribution in [0.25, 0.3) is 0 Å². The Morgan fingerprint density at radius 1 is 1.14 bits per heavy atom. The fourth-order valence-electron chi connectivity index (χ4n) is 3.36. The third-order valence-corrected chi connectivity index (χ3v) is 6.61. The summed E-state index contributed by atoms with van der Waals surface area (Å²) in [5.74, 6) is 1.17. The summed E-state index contributed by atoms with van der Waals surface area (Å²) < 4.78 is 33.4. The molecule has 0 bridgehead atoms. The normalized spacial score (nSPS) is 17.2. The van der Waals surface area contributed by atoms with Gasteiger partial charge >= 0.3 is 0 Å². The largest absolute Gasteiger partial charge is 0.495 e. The van der Waals surface area contributed by atoms with E-state index in [0.717, 1.165) is 6.42 Å². The highest BCUT2D eigenvalue weighted by Crippen LogP contribution is 2.38. The van der Waals surface area contributed by atoms with Gasteiger partial charge in [-0.15, -0.1) is 0 Å². The third kappa shape index (κ3) is 3.89. The highest BCUT2D eigenvalue weighted by Gasteiger charge is 2.38. The minimum absolute atomic E-state index is 0.148. The number of methoxy groups -OCH3 is 1. The van der Waals surface area contributed by atoms with Crippen LogP contribution in [0.15, 0.2) is 60.0 Å². The standard InChI is InChI=1S/C19H20N6O3S/c1-28-16-7-2-3-8-17(16)29(26,27)25-11-4-6-15(25)14-12-20-13-18(23-14)24-19-21-9-5-10-22-19/h2-3,5,7-10,12-13,15H,4,6,11H2,1H3,(H,21,22,23,24)/t15-/m0/s1. The maximum atomic E-state index is 13.3. The summed E-state index contributed by atoms with van der Waals surface area (Å²) in [4.78, 5) is 17.1. The molecule has 0 amide bonds. The summed E-state index contributed by atoms with van der Waals surface area (Å²) in [7, 11) is -2.29. The van der Waals surface area contributed by atoms with Gasteiger partial charge in [-0.1, -0.05) is 12.1 Å². The molecule has 1 aromatic carbocycles. The number of aromatic nitrogens is 4. The van der Waals surface area contributed by atoms with Crippen LogP contribution in [-0.4, -0.2) is 46.3 Å². The van der Waals surface area contributed by atoms with Gasteiger partial charge in [-0.2, -0.15) is 4.31 Å². The molecular formula is C19H20N6O3S. The Kier molecular flexibility index (Phi) is 5.36. The lowest BCUT2D eigenvalue weighted by molar-refractivity contribution is 0.377. The van der Waals surface area contributed by atoms with Crippen molar-refractivity contribution in [1.29, 1.82) is 0 Å². The topological polar surface area (TPSA) is 110 Å². The Labute approximate surface area is 168 Å². The van der Waals surface area contributed by atoms with Gasteiger partial charge in [0.2, 0.25) is 16.0 Å². The van der Waals surface area contributed by atoms with E-state index in [9.17, 15) is 8.42 Å². The smallest absolute Gasteiger partial charge is 0.247 e. The zero-order valence-electron chi connectivity index (χ0n) is 15.8. The number of anilines is 2. The fraction of sp³-hybridized carbons (Fsp3) is 0.263. The van der Waals surface area contributed by atoms with Crippen molar-refractivity contribution in [3.05, 3.63) is 60.8 Å². The van der Waals surface area contributed by atoms with Crippen molar-refractivity contribution in [2.24, 2.45) is 0 Å². The lowest BCUT2D eigenvalue weighted by Crippen LogP contribution is -2.31. The number of hydrogen-bond donors (Lipinski definition) is 1. The van der Waals surface area contributed by atoms with E-state index < -0.39 is 16.1 Å². The first kappa shape index (κ1) is 19.2. The molecule has 0 unspecified atom stereocenters. The molecule has 1 aliphatic rings. The van der Waals surface area contributed by atoms with Gasteiger partial charge in [-0.3, -0.25) is 4.98 Å². The predicted molar refractivity (Wildman–Crippen MR) is 106 cm³/mol. The van der Waals surface area contributed by atoms with Crippen LogP contribution < -0.4 is 10.1 Å². The van der Waals surface area contributed by atoms with Gasteiger partial charge in [-0.25, -0.2) is 23.4 Å². The van der Waals surface area contributed by atoms with E-state index in [1.807, 2.05) is 0 Å². The molecule has 1 N–H and O–H groups in total. The van der Waals surface area contributed by atoms with Crippen LogP contribution in [0.3, 0.4) is 0 Å². The van der Waals surface area contributed by atoms with Gasteiger partial charge in [0.15, 0.2) is 5.82 Å². The zero-order valence-corrected chi connectivity index (χ0v) is 16.6. The van der Waals surface area contributed by atoms with Crippen LogP contribution >= 0.6 is 0 Å². The van der Waals surface area contributed by atoms with Gasteiger partial charge in [0, 0.05) is 18.9 Å². The molecule has 0 aliphatic carbocycles. The van der Waals surface area contributed by atoms with Crippen LogP contribution in [-0.2, 0) is 10.0 Å². The van der Waals surface area contributed by atoms with Gasteiger partial charge in [0.1, 0.15) is 10.6 Å². The van der Waals surface area contributed by atoms with Gasteiger partial charge < -0.3 is 10.1 Å². The van der Waals surface area contributed by atoms with Crippen molar-refractivity contribution in [2.45, 2.75) is 23.8 Å². The number of hydrogen-bond acceptors (Lipinski definition) is 8. The van der Waals surface area contributed by atoms with Gasteiger partial charge in [0.05, 0.1) is 31.2 Å². The summed E-state index contributed by atoms with van der Waals surface area (Å²) in [6.45, 7) is 0.409. The maximum Gasteiger partial charge on any atom is 0.247 e. The second-order valence-electron chi connectivity index (χ2n) is 6.45. The van der Waals surface area contributed by atoms with Crippen molar-refractivity contribution >= 4 is 21.8 Å². The van der Waals surface area contributed by atoms with E-state index in [2.05, 4.69) is 25.3 Å². The average Bonchev–Trinajstić information content (AvgIpc) is 3.26. The molecule has 29 heavy (non-hydrogen) atoms. The van der Waals surface area contributed by atoms with Crippen LogP contribution in [0, 0.1) is 0 Å². The zero-order chi connectivity index (χ0) is 20.3. The van der Waals surface area contributed by atoms with Crippen LogP contribution in [0.1, 0.15) is 24.6 Å². The Morgan fingerprint density at radius 3 is 2.72 bits per heavy atom. The molecule has 3 aromatic rings. The first-order valence-corrected chi connectivity index (χ1v) is 10.5. The molecule has 10 heteroatoms. The SMILES string of the molecule is COc1ccccc1S(=O)(=O)N1CCC[C@H]1c1cncc(Nc2ncccn2)n1. The van der Waals surface area contributed by atoms with Crippen LogP contribution in [0.2, 0.25) is 0 Å². The Balaban J connectivity index is 1.64. The number of para-hydroxylation sites is 1. The van der Waals surface area contributed by atoms with E-state index >= 15 is 0 Å². The van der Waals surface area contributed by atoms with Crippen molar-refractivity contribution in [3.8, 4) is 5.75 Å². The summed E-state index contributed by atoms with van der Waals surface area (Å²) in [6.07, 6.45) is 7.77. The molecule has 4 rings (SSSR count). The first-order valence-electron chi connectivity index (χ1n) is 9.10. The lowest BCUT2D eigenvalue weighted by atomic mass is 10.2. The van der Waals surface area contributed by atoms with Crippen LogP contribution in [0.4, 0.5) is 11.8 Å². The quantitative estimate of drug-likeness (QED) is 0.658. The van der Waals surface area contributed by atoms with Gasteiger partial charge in [-0.05, 0) is 31.0 Å². The third-order valence-electron chi connectivity index (χ3n) is 4.66. The number of nitrogens with zero attached hydrogens (tertiary/aromatic N) is 5. The van der Waals surface area contributed by atoms with E-state index in [1.54, 1.807) is 55.1 Å². The minimum atomic E-state index is -3.76. The number of rotatable bonds is 6. The molecule has 0 radical (unpaired) electrons. The lowest BCUT2D eigenvalue weighted by Gasteiger charge is -2.24. The molecule has 1 fully saturated rings. The molecule has 0 spiro atoms. The van der Waals surface area contributed by atoms with Crippen molar-refractivity contribution in [2.75, 3.05) is 19.0 Å². The number of benzene rings is 1.